The van der Waals surface area contributed by atoms with Crippen LogP contribution in [0.3, 0.4) is 0 Å². The molecule has 0 aromatic carbocycles. The van der Waals surface area contributed by atoms with Gasteiger partial charge < -0.3 is 15.0 Å². The molecule has 1 aliphatic carbocycles. The second-order valence-electron chi connectivity index (χ2n) is 7.21. The summed E-state index contributed by atoms with van der Waals surface area (Å²) in [6, 6.07) is 1.34. The molecule has 1 aliphatic heterocycles. The lowest BCUT2D eigenvalue weighted by Crippen LogP contribution is -2.61. The van der Waals surface area contributed by atoms with Crippen molar-refractivity contribution in [3.05, 3.63) is 0 Å². The molecular formula is C16H32N2O. The van der Waals surface area contributed by atoms with Crippen LogP contribution in [0.2, 0.25) is 0 Å². The van der Waals surface area contributed by atoms with Crippen molar-refractivity contribution < 1.29 is 4.74 Å². The standard InChI is InChI=1S/C16H32N2O/c1-6-19-15-9-14(16(15,4)5)17-10-13-7-8-18(11-13)12(2)3/h12-15,17H,6-11H2,1-5H3. The van der Waals surface area contributed by atoms with Crippen molar-refractivity contribution in [2.75, 3.05) is 26.2 Å². The lowest BCUT2D eigenvalue weighted by Gasteiger charge is -2.52. The van der Waals surface area contributed by atoms with Crippen LogP contribution < -0.4 is 5.32 Å². The molecule has 2 aliphatic rings. The van der Waals surface area contributed by atoms with Gasteiger partial charge in [0.05, 0.1) is 6.10 Å². The molecular weight excluding hydrogens is 236 g/mol. The third kappa shape index (κ3) is 3.32. The Morgan fingerprint density at radius 3 is 2.63 bits per heavy atom. The van der Waals surface area contributed by atoms with Crippen molar-refractivity contribution in [1.82, 2.24) is 10.2 Å². The van der Waals surface area contributed by atoms with Crippen LogP contribution in [0.5, 0.6) is 0 Å². The van der Waals surface area contributed by atoms with Gasteiger partial charge in [-0.05, 0) is 52.6 Å². The number of likely N-dealkylation sites (tertiary alicyclic amines) is 1. The zero-order valence-corrected chi connectivity index (χ0v) is 13.4. The number of rotatable bonds is 6. The first kappa shape index (κ1) is 15.3. The van der Waals surface area contributed by atoms with Crippen LogP contribution in [0, 0.1) is 11.3 Å². The third-order valence-corrected chi connectivity index (χ3v) is 5.25. The lowest BCUT2D eigenvalue weighted by molar-refractivity contribution is -0.114. The summed E-state index contributed by atoms with van der Waals surface area (Å²) >= 11 is 0. The Balaban J connectivity index is 1.70. The molecule has 1 saturated heterocycles. The predicted octanol–water partition coefficient (Wildman–Crippen LogP) is 2.51. The van der Waals surface area contributed by atoms with Gasteiger partial charge in [0.2, 0.25) is 0 Å². The van der Waals surface area contributed by atoms with Crippen LogP contribution in [0.1, 0.15) is 47.5 Å². The summed E-state index contributed by atoms with van der Waals surface area (Å²) in [5.74, 6) is 0.837. The van der Waals surface area contributed by atoms with Gasteiger partial charge >= 0.3 is 0 Å². The van der Waals surface area contributed by atoms with Crippen molar-refractivity contribution in [1.29, 1.82) is 0 Å². The Kier molecular flexibility index (Phi) is 4.91. The summed E-state index contributed by atoms with van der Waals surface area (Å²) < 4.78 is 5.80. The Hall–Kier alpha value is -0.120. The van der Waals surface area contributed by atoms with E-state index in [9.17, 15) is 0 Å². The first-order valence-corrected chi connectivity index (χ1v) is 8.04. The zero-order chi connectivity index (χ0) is 14.0. The van der Waals surface area contributed by atoms with Gasteiger partial charge in [-0.1, -0.05) is 13.8 Å². The van der Waals surface area contributed by atoms with E-state index in [-0.39, 0.29) is 0 Å². The fraction of sp³-hybridized carbons (Fsp3) is 1.00. The molecule has 1 N–H and O–H groups in total. The maximum absolute atomic E-state index is 5.80. The fourth-order valence-corrected chi connectivity index (χ4v) is 3.52. The van der Waals surface area contributed by atoms with Crippen LogP contribution in [0.4, 0.5) is 0 Å². The van der Waals surface area contributed by atoms with Gasteiger partial charge in [-0.3, -0.25) is 0 Å². The summed E-state index contributed by atoms with van der Waals surface area (Å²) in [7, 11) is 0. The Morgan fingerprint density at radius 1 is 1.37 bits per heavy atom. The van der Waals surface area contributed by atoms with E-state index in [4.69, 9.17) is 4.74 Å². The molecule has 19 heavy (non-hydrogen) atoms. The van der Waals surface area contributed by atoms with E-state index in [1.807, 2.05) is 0 Å². The molecule has 0 aromatic heterocycles. The van der Waals surface area contributed by atoms with E-state index in [2.05, 4.69) is 44.8 Å². The minimum Gasteiger partial charge on any atom is -0.378 e. The van der Waals surface area contributed by atoms with E-state index in [0.29, 0.717) is 23.6 Å². The summed E-state index contributed by atoms with van der Waals surface area (Å²) in [4.78, 5) is 2.60. The summed E-state index contributed by atoms with van der Waals surface area (Å²) in [5.41, 5.74) is 0.298. The quantitative estimate of drug-likeness (QED) is 0.801. The highest BCUT2D eigenvalue weighted by atomic mass is 16.5. The lowest BCUT2D eigenvalue weighted by atomic mass is 9.64. The second-order valence-corrected chi connectivity index (χ2v) is 7.21. The van der Waals surface area contributed by atoms with Gasteiger partial charge in [-0.15, -0.1) is 0 Å². The number of nitrogens with one attached hydrogen (secondary N) is 1. The van der Waals surface area contributed by atoms with E-state index in [0.717, 1.165) is 12.5 Å². The SMILES string of the molecule is CCOC1CC(NCC2CCN(C(C)C)C2)C1(C)C. The molecule has 0 amide bonds. The highest BCUT2D eigenvalue weighted by Gasteiger charge is 2.48. The Labute approximate surface area is 119 Å². The van der Waals surface area contributed by atoms with E-state index in [1.165, 1.54) is 32.5 Å². The van der Waals surface area contributed by atoms with E-state index in [1.54, 1.807) is 0 Å². The molecule has 0 spiro atoms. The summed E-state index contributed by atoms with van der Waals surface area (Å²) in [6.07, 6.45) is 2.99. The Bertz CT molecular complexity index is 290. The predicted molar refractivity (Wildman–Crippen MR) is 80.4 cm³/mol. The fourth-order valence-electron chi connectivity index (χ4n) is 3.52. The molecule has 3 heteroatoms. The average Bonchev–Trinajstić information content (AvgIpc) is 2.81. The maximum atomic E-state index is 5.80. The summed E-state index contributed by atoms with van der Waals surface area (Å²) in [5, 5.41) is 3.79. The second kappa shape index (κ2) is 6.11. The van der Waals surface area contributed by atoms with Crippen molar-refractivity contribution >= 4 is 0 Å². The smallest absolute Gasteiger partial charge is 0.0655 e. The van der Waals surface area contributed by atoms with Gasteiger partial charge in [0.1, 0.15) is 0 Å². The average molecular weight is 268 g/mol. The molecule has 0 aromatic rings. The molecule has 3 nitrogen and oxygen atoms in total. The number of hydrogen-bond acceptors (Lipinski definition) is 3. The normalized spacial score (nSPS) is 34.7. The van der Waals surface area contributed by atoms with E-state index < -0.39 is 0 Å². The van der Waals surface area contributed by atoms with Gasteiger partial charge in [-0.25, -0.2) is 0 Å². The van der Waals surface area contributed by atoms with Crippen LogP contribution in [0.15, 0.2) is 0 Å². The number of ether oxygens (including phenoxy) is 1. The van der Waals surface area contributed by atoms with Crippen molar-refractivity contribution in [2.24, 2.45) is 11.3 Å². The molecule has 3 atom stereocenters. The first-order chi connectivity index (χ1) is 8.95. The van der Waals surface area contributed by atoms with E-state index >= 15 is 0 Å². The topological polar surface area (TPSA) is 24.5 Å². The highest BCUT2D eigenvalue weighted by molar-refractivity contribution is 5.03. The molecule has 3 unspecified atom stereocenters. The minimum atomic E-state index is 0.298. The monoisotopic (exact) mass is 268 g/mol. The van der Waals surface area contributed by atoms with Crippen LogP contribution in [-0.4, -0.2) is 49.3 Å². The molecule has 1 heterocycles. The number of nitrogens with zero attached hydrogens (tertiary/aromatic N) is 1. The Morgan fingerprint density at radius 2 is 2.11 bits per heavy atom. The van der Waals surface area contributed by atoms with Gasteiger partial charge in [0.25, 0.3) is 0 Å². The van der Waals surface area contributed by atoms with Gasteiger partial charge in [0.15, 0.2) is 0 Å². The van der Waals surface area contributed by atoms with Crippen LogP contribution >= 0.6 is 0 Å². The molecule has 112 valence electrons. The highest BCUT2D eigenvalue weighted by Crippen LogP contribution is 2.42. The maximum Gasteiger partial charge on any atom is 0.0655 e. The molecule has 0 radical (unpaired) electrons. The molecule has 0 bridgehead atoms. The summed E-state index contributed by atoms with van der Waals surface area (Å²) in [6.45, 7) is 15.9. The van der Waals surface area contributed by atoms with Gasteiger partial charge in [-0.2, -0.15) is 0 Å². The largest absolute Gasteiger partial charge is 0.378 e. The molecule has 2 fully saturated rings. The first-order valence-electron chi connectivity index (χ1n) is 8.04. The minimum absolute atomic E-state index is 0.298. The van der Waals surface area contributed by atoms with Crippen molar-refractivity contribution in [3.8, 4) is 0 Å². The van der Waals surface area contributed by atoms with Crippen molar-refractivity contribution in [3.63, 3.8) is 0 Å². The van der Waals surface area contributed by atoms with Gasteiger partial charge in [0, 0.05) is 30.7 Å². The zero-order valence-electron chi connectivity index (χ0n) is 13.4. The third-order valence-electron chi connectivity index (χ3n) is 5.25. The molecule has 1 saturated carbocycles. The number of hydrogen-bond donors (Lipinski definition) is 1. The van der Waals surface area contributed by atoms with Crippen LogP contribution in [0.25, 0.3) is 0 Å². The van der Waals surface area contributed by atoms with Crippen molar-refractivity contribution in [2.45, 2.75) is 65.6 Å². The molecule has 2 rings (SSSR count). The van der Waals surface area contributed by atoms with Crippen LogP contribution in [-0.2, 0) is 4.74 Å².